The van der Waals surface area contributed by atoms with E-state index >= 15 is 0 Å². The highest BCUT2D eigenvalue weighted by molar-refractivity contribution is 6.09. The van der Waals surface area contributed by atoms with Gasteiger partial charge in [-0.05, 0) is 30.5 Å². The van der Waals surface area contributed by atoms with Crippen molar-refractivity contribution in [1.29, 1.82) is 0 Å². The lowest BCUT2D eigenvalue weighted by atomic mass is 10.1. The number of rotatable bonds is 7. The van der Waals surface area contributed by atoms with Crippen molar-refractivity contribution < 1.29 is 19.1 Å². The maximum atomic E-state index is 12.6. The first-order chi connectivity index (χ1) is 14.5. The number of fused-ring (bicyclic) bond motifs is 1. The Hall–Kier alpha value is -3.35. The van der Waals surface area contributed by atoms with Gasteiger partial charge in [0.05, 0.1) is 11.3 Å². The van der Waals surface area contributed by atoms with Crippen molar-refractivity contribution in [3.05, 3.63) is 65.7 Å². The lowest BCUT2D eigenvalue weighted by molar-refractivity contribution is -0.119. The van der Waals surface area contributed by atoms with E-state index in [1.165, 1.54) is 4.90 Å². The second-order valence-corrected chi connectivity index (χ2v) is 7.39. The molecule has 1 aliphatic rings. The number of para-hydroxylation sites is 1. The SMILES string of the molecule is CN(CCCCN1C(=O)CN(C)C(=O)c2ccccc21)C(=O)OCc1ccccc1. The maximum Gasteiger partial charge on any atom is 0.409 e. The Morgan fingerprint density at radius 2 is 1.73 bits per heavy atom. The Morgan fingerprint density at radius 3 is 2.50 bits per heavy atom. The van der Waals surface area contributed by atoms with Gasteiger partial charge in [-0.25, -0.2) is 4.79 Å². The van der Waals surface area contributed by atoms with Crippen LogP contribution in [-0.2, 0) is 16.1 Å². The number of nitrogens with zero attached hydrogens (tertiary/aromatic N) is 3. The molecule has 2 aromatic carbocycles. The van der Waals surface area contributed by atoms with Gasteiger partial charge in [-0.15, -0.1) is 0 Å². The molecule has 0 spiro atoms. The highest BCUT2D eigenvalue weighted by atomic mass is 16.6. The van der Waals surface area contributed by atoms with Crippen molar-refractivity contribution in [3.8, 4) is 0 Å². The molecule has 0 unspecified atom stereocenters. The summed E-state index contributed by atoms with van der Waals surface area (Å²) in [4.78, 5) is 41.9. The van der Waals surface area contributed by atoms with Crippen LogP contribution in [0, 0.1) is 0 Å². The molecule has 2 aromatic rings. The fourth-order valence-electron chi connectivity index (χ4n) is 3.37. The van der Waals surface area contributed by atoms with E-state index < -0.39 is 0 Å². The standard InChI is InChI=1S/C23H27N3O4/c1-24(23(29)30-17-18-10-4-3-5-11-18)14-8-9-15-26-20-13-7-6-12-19(20)22(28)25(2)16-21(26)27/h3-7,10-13H,8-9,14-17H2,1-2H3. The molecule has 158 valence electrons. The summed E-state index contributed by atoms with van der Waals surface area (Å²) in [6, 6.07) is 16.7. The van der Waals surface area contributed by atoms with Crippen molar-refractivity contribution >= 4 is 23.6 Å². The molecule has 30 heavy (non-hydrogen) atoms. The molecule has 0 bridgehead atoms. The van der Waals surface area contributed by atoms with Crippen LogP contribution >= 0.6 is 0 Å². The second-order valence-electron chi connectivity index (χ2n) is 7.39. The summed E-state index contributed by atoms with van der Waals surface area (Å²) in [5, 5.41) is 0. The topological polar surface area (TPSA) is 70.2 Å². The molecule has 0 atom stereocenters. The predicted molar refractivity (Wildman–Crippen MR) is 114 cm³/mol. The zero-order valence-electron chi connectivity index (χ0n) is 17.4. The molecule has 0 fully saturated rings. The Balaban J connectivity index is 1.49. The molecule has 3 rings (SSSR count). The summed E-state index contributed by atoms with van der Waals surface area (Å²) in [5.74, 6) is -0.256. The van der Waals surface area contributed by atoms with Gasteiger partial charge in [0.25, 0.3) is 5.91 Å². The molecule has 0 saturated heterocycles. The summed E-state index contributed by atoms with van der Waals surface area (Å²) in [7, 11) is 3.34. The van der Waals surface area contributed by atoms with Crippen LogP contribution in [0.4, 0.5) is 10.5 Å². The number of carbonyl (C=O) groups excluding carboxylic acids is 3. The van der Waals surface area contributed by atoms with Crippen LogP contribution in [0.1, 0.15) is 28.8 Å². The lowest BCUT2D eigenvalue weighted by Crippen LogP contribution is -2.38. The summed E-state index contributed by atoms with van der Waals surface area (Å²) in [5.41, 5.74) is 2.12. The van der Waals surface area contributed by atoms with Crippen LogP contribution in [0.2, 0.25) is 0 Å². The number of ether oxygens (including phenoxy) is 1. The van der Waals surface area contributed by atoms with E-state index in [0.717, 1.165) is 5.56 Å². The quantitative estimate of drug-likeness (QED) is 0.659. The Bertz CT molecular complexity index is 900. The fourth-order valence-corrected chi connectivity index (χ4v) is 3.37. The molecule has 0 saturated carbocycles. The number of hydrogen-bond acceptors (Lipinski definition) is 4. The van der Waals surface area contributed by atoms with Gasteiger partial charge in [0, 0.05) is 27.2 Å². The van der Waals surface area contributed by atoms with E-state index in [2.05, 4.69) is 0 Å². The van der Waals surface area contributed by atoms with Gasteiger partial charge < -0.3 is 19.4 Å². The van der Waals surface area contributed by atoms with Crippen LogP contribution < -0.4 is 4.90 Å². The number of hydrogen-bond donors (Lipinski definition) is 0. The van der Waals surface area contributed by atoms with Crippen LogP contribution in [0.3, 0.4) is 0 Å². The van der Waals surface area contributed by atoms with Crippen molar-refractivity contribution in [1.82, 2.24) is 9.80 Å². The third-order valence-corrected chi connectivity index (χ3v) is 5.09. The van der Waals surface area contributed by atoms with Gasteiger partial charge in [0.1, 0.15) is 13.2 Å². The van der Waals surface area contributed by atoms with Crippen LogP contribution in [-0.4, -0.2) is 61.4 Å². The fraction of sp³-hybridized carbons (Fsp3) is 0.348. The van der Waals surface area contributed by atoms with Crippen molar-refractivity contribution in [2.24, 2.45) is 0 Å². The van der Waals surface area contributed by atoms with E-state index in [-0.39, 0.29) is 31.1 Å². The van der Waals surface area contributed by atoms with Gasteiger partial charge in [-0.2, -0.15) is 0 Å². The van der Waals surface area contributed by atoms with Crippen LogP contribution in [0.25, 0.3) is 0 Å². The van der Waals surface area contributed by atoms with Crippen LogP contribution in [0.15, 0.2) is 54.6 Å². The predicted octanol–water partition coefficient (Wildman–Crippen LogP) is 3.15. The number of unbranched alkanes of at least 4 members (excludes halogenated alkanes) is 1. The van der Waals surface area contributed by atoms with E-state index in [9.17, 15) is 14.4 Å². The Morgan fingerprint density at radius 1 is 1.03 bits per heavy atom. The number of benzene rings is 2. The molecular weight excluding hydrogens is 382 g/mol. The minimum atomic E-state index is -0.373. The Kier molecular flexibility index (Phi) is 7.06. The van der Waals surface area contributed by atoms with Gasteiger partial charge in [-0.3, -0.25) is 9.59 Å². The molecular formula is C23H27N3O4. The third-order valence-electron chi connectivity index (χ3n) is 5.09. The summed E-state index contributed by atoms with van der Waals surface area (Å²) in [6.07, 6.45) is 1.04. The zero-order valence-corrected chi connectivity index (χ0v) is 17.4. The smallest absolute Gasteiger partial charge is 0.409 e. The largest absolute Gasteiger partial charge is 0.445 e. The van der Waals surface area contributed by atoms with Crippen molar-refractivity contribution in [2.45, 2.75) is 19.4 Å². The maximum absolute atomic E-state index is 12.6. The molecule has 1 heterocycles. The first-order valence-corrected chi connectivity index (χ1v) is 10.0. The zero-order chi connectivity index (χ0) is 21.5. The van der Waals surface area contributed by atoms with E-state index in [1.807, 2.05) is 36.4 Å². The lowest BCUT2D eigenvalue weighted by Gasteiger charge is -2.23. The molecule has 7 nitrogen and oxygen atoms in total. The molecule has 1 aliphatic heterocycles. The molecule has 3 amide bonds. The average Bonchev–Trinajstić information content (AvgIpc) is 2.85. The number of likely N-dealkylation sites (N-methyl/N-ethyl adjacent to an activating group) is 1. The number of amides is 3. The van der Waals surface area contributed by atoms with Gasteiger partial charge in [0.15, 0.2) is 0 Å². The first kappa shape index (κ1) is 21.4. The first-order valence-electron chi connectivity index (χ1n) is 10.0. The van der Waals surface area contributed by atoms with Gasteiger partial charge in [0.2, 0.25) is 5.91 Å². The number of anilines is 1. The van der Waals surface area contributed by atoms with E-state index in [4.69, 9.17) is 4.74 Å². The average molecular weight is 409 g/mol. The van der Waals surface area contributed by atoms with Crippen molar-refractivity contribution in [3.63, 3.8) is 0 Å². The van der Waals surface area contributed by atoms with E-state index in [1.54, 1.807) is 42.1 Å². The molecule has 0 radical (unpaired) electrons. The Labute approximate surface area is 176 Å². The van der Waals surface area contributed by atoms with Gasteiger partial charge in [-0.1, -0.05) is 42.5 Å². The van der Waals surface area contributed by atoms with E-state index in [0.29, 0.717) is 37.2 Å². The summed E-state index contributed by atoms with van der Waals surface area (Å²) in [6.45, 7) is 1.31. The molecule has 7 heteroatoms. The highest BCUT2D eigenvalue weighted by Gasteiger charge is 2.29. The minimum Gasteiger partial charge on any atom is -0.445 e. The molecule has 0 aliphatic carbocycles. The van der Waals surface area contributed by atoms with Gasteiger partial charge >= 0.3 is 6.09 Å². The minimum absolute atomic E-state index is 0.0548. The second kappa shape index (κ2) is 9.91. The van der Waals surface area contributed by atoms with Crippen LogP contribution in [0.5, 0.6) is 0 Å². The monoisotopic (exact) mass is 409 g/mol. The summed E-state index contributed by atoms with van der Waals surface area (Å²) >= 11 is 0. The normalized spacial score (nSPS) is 13.7. The van der Waals surface area contributed by atoms with Crippen molar-refractivity contribution in [2.75, 3.05) is 38.6 Å². The molecule has 0 N–H and O–H groups in total. The molecule has 0 aromatic heterocycles. The number of carbonyl (C=O) groups is 3. The summed E-state index contributed by atoms with van der Waals surface area (Å²) < 4.78 is 5.32. The highest BCUT2D eigenvalue weighted by Crippen LogP contribution is 2.25. The third kappa shape index (κ3) is 5.17.